The van der Waals surface area contributed by atoms with Crippen molar-refractivity contribution < 1.29 is 14.3 Å². The van der Waals surface area contributed by atoms with Crippen LogP contribution in [0.3, 0.4) is 0 Å². The van der Waals surface area contributed by atoms with Crippen LogP contribution in [0.2, 0.25) is 0 Å². The zero-order valence-electron chi connectivity index (χ0n) is 18.9. The minimum Gasteiger partial charge on any atom is -0.494 e. The molecule has 10 heteroatoms. The Morgan fingerprint density at radius 2 is 1.88 bits per heavy atom. The first kappa shape index (κ1) is 22.6. The summed E-state index contributed by atoms with van der Waals surface area (Å²) in [5.41, 5.74) is 2.82. The molecule has 0 fully saturated rings. The largest absolute Gasteiger partial charge is 0.494 e. The van der Waals surface area contributed by atoms with Gasteiger partial charge < -0.3 is 15.4 Å². The lowest BCUT2D eigenvalue weighted by atomic mass is 10.1. The molecule has 4 rings (SSSR count). The highest BCUT2D eigenvalue weighted by atomic mass is 16.5. The van der Waals surface area contributed by atoms with E-state index >= 15 is 0 Å². The van der Waals surface area contributed by atoms with E-state index in [2.05, 4.69) is 30.7 Å². The first-order valence-corrected chi connectivity index (χ1v) is 10.5. The van der Waals surface area contributed by atoms with Crippen molar-refractivity contribution in [3.8, 4) is 17.1 Å². The Kier molecular flexibility index (Phi) is 6.58. The molecule has 3 aromatic heterocycles. The summed E-state index contributed by atoms with van der Waals surface area (Å²) >= 11 is 0. The van der Waals surface area contributed by atoms with Gasteiger partial charge in [-0.15, -0.1) is 0 Å². The van der Waals surface area contributed by atoms with Crippen LogP contribution in [-0.4, -0.2) is 43.9 Å². The summed E-state index contributed by atoms with van der Waals surface area (Å²) in [6.45, 7) is 1.80. The summed E-state index contributed by atoms with van der Waals surface area (Å²) in [4.78, 5) is 36.4. The highest BCUT2D eigenvalue weighted by molar-refractivity contribution is 6.02. The van der Waals surface area contributed by atoms with Gasteiger partial charge in [0, 0.05) is 37.5 Å². The number of methoxy groups -OCH3 is 1. The maximum absolute atomic E-state index is 12.6. The van der Waals surface area contributed by atoms with Gasteiger partial charge in [0.2, 0.25) is 0 Å². The molecule has 0 unspecified atom stereocenters. The van der Waals surface area contributed by atoms with Crippen molar-refractivity contribution in [1.82, 2.24) is 24.7 Å². The molecule has 0 saturated carbocycles. The number of rotatable bonds is 9. The lowest BCUT2D eigenvalue weighted by molar-refractivity contribution is 0.0988. The molecule has 0 saturated heterocycles. The van der Waals surface area contributed by atoms with Gasteiger partial charge in [0.05, 0.1) is 29.6 Å². The summed E-state index contributed by atoms with van der Waals surface area (Å²) in [7, 11) is 3.36. The maximum Gasteiger partial charge on any atom is 0.184 e. The van der Waals surface area contributed by atoms with Crippen LogP contribution in [0, 0.1) is 0 Å². The van der Waals surface area contributed by atoms with E-state index < -0.39 is 0 Å². The molecular formula is C24H23N7O3. The quantitative estimate of drug-likeness (QED) is 0.281. The molecule has 0 amide bonds. The lowest BCUT2D eigenvalue weighted by Crippen LogP contribution is -2.07. The number of aldehydes is 1. The lowest BCUT2D eigenvalue weighted by Gasteiger charge is -2.17. The molecule has 34 heavy (non-hydrogen) atoms. The van der Waals surface area contributed by atoms with E-state index in [1.165, 1.54) is 12.4 Å². The predicted molar refractivity (Wildman–Crippen MR) is 128 cm³/mol. The van der Waals surface area contributed by atoms with Gasteiger partial charge in [-0.25, -0.2) is 15.0 Å². The van der Waals surface area contributed by atoms with Crippen molar-refractivity contribution in [1.29, 1.82) is 0 Å². The maximum atomic E-state index is 12.6. The van der Waals surface area contributed by atoms with E-state index in [0.29, 0.717) is 57.7 Å². The monoisotopic (exact) mass is 457 g/mol. The van der Waals surface area contributed by atoms with Crippen LogP contribution in [0.25, 0.3) is 11.4 Å². The number of aromatic nitrogens is 5. The Balaban J connectivity index is 1.71. The average Bonchev–Trinajstić information content (AvgIpc) is 3.30. The molecular weight excluding hydrogens is 434 g/mol. The molecule has 0 aliphatic heterocycles. The number of Topliss-reactive ketones (excluding diaryl/α,β-unsaturated/α-hetero) is 1. The third-order valence-electron chi connectivity index (χ3n) is 5.03. The van der Waals surface area contributed by atoms with Crippen molar-refractivity contribution in [3.05, 3.63) is 66.2 Å². The molecule has 0 radical (unpaired) electrons. The SMILES string of the molecule is CCC(=O)c1cnc(Nc2ccc(C=O)cn2)cc1Nc1cccc(-c2ncn(C)n2)c1OC. The van der Waals surface area contributed by atoms with Crippen LogP contribution >= 0.6 is 0 Å². The second-order valence-electron chi connectivity index (χ2n) is 7.36. The van der Waals surface area contributed by atoms with E-state index in [1.807, 2.05) is 18.2 Å². The fraction of sp³-hybridized carbons (Fsp3) is 0.167. The van der Waals surface area contributed by atoms with Crippen LogP contribution in [0.5, 0.6) is 5.75 Å². The number of anilines is 4. The normalized spacial score (nSPS) is 10.6. The highest BCUT2D eigenvalue weighted by Gasteiger charge is 2.18. The van der Waals surface area contributed by atoms with E-state index in [9.17, 15) is 9.59 Å². The van der Waals surface area contributed by atoms with Gasteiger partial charge in [-0.1, -0.05) is 13.0 Å². The molecule has 0 aliphatic carbocycles. The molecule has 2 N–H and O–H groups in total. The fourth-order valence-corrected chi connectivity index (χ4v) is 3.36. The number of benzene rings is 1. The van der Waals surface area contributed by atoms with Gasteiger partial charge in [0.15, 0.2) is 23.6 Å². The Labute approximate surface area is 196 Å². The number of nitrogens with one attached hydrogen (secondary N) is 2. The minimum absolute atomic E-state index is 0.0588. The number of carbonyl (C=O) groups excluding carboxylic acids is 2. The molecule has 1 aromatic carbocycles. The van der Waals surface area contributed by atoms with Crippen molar-refractivity contribution in [2.24, 2.45) is 7.05 Å². The van der Waals surface area contributed by atoms with E-state index in [-0.39, 0.29) is 5.78 Å². The molecule has 0 aliphatic rings. The minimum atomic E-state index is -0.0588. The van der Waals surface area contributed by atoms with Crippen molar-refractivity contribution in [2.45, 2.75) is 13.3 Å². The van der Waals surface area contributed by atoms with Crippen molar-refractivity contribution in [2.75, 3.05) is 17.7 Å². The Hall–Kier alpha value is -4.60. The van der Waals surface area contributed by atoms with E-state index in [4.69, 9.17) is 4.74 Å². The molecule has 10 nitrogen and oxygen atoms in total. The third kappa shape index (κ3) is 4.75. The topological polar surface area (TPSA) is 124 Å². The summed E-state index contributed by atoms with van der Waals surface area (Å²) in [5.74, 6) is 2.00. The highest BCUT2D eigenvalue weighted by Crippen LogP contribution is 2.37. The summed E-state index contributed by atoms with van der Waals surface area (Å²) in [5, 5.41) is 10.8. The Bertz CT molecular complexity index is 1330. The Morgan fingerprint density at radius 3 is 2.53 bits per heavy atom. The van der Waals surface area contributed by atoms with Gasteiger partial charge in [0.25, 0.3) is 0 Å². The number of aryl methyl sites for hydroxylation is 1. The van der Waals surface area contributed by atoms with Gasteiger partial charge in [-0.05, 0) is 24.3 Å². The van der Waals surface area contributed by atoms with Crippen LogP contribution in [0.15, 0.2) is 55.1 Å². The third-order valence-corrected chi connectivity index (χ3v) is 5.03. The Morgan fingerprint density at radius 1 is 1.06 bits per heavy atom. The first-order chi connectivity index (χ1) is 16.5. The number of hydrogen-bond acceptors (Lipinski definition) is 9. The zero-order valence-corrected chi connectivity index (χ0v) is 18.9. The van der Waals surface area contributed by atoms with Gasteiger partial charge in [-0.2, -0.15) is 5.10 Å². The second-order valence-corrected chi connectivity index (χ2v) is 7.36. The molecule has 3 heterocycles. The van der Waals surface area contributed by atoms with Crippen molar-refractivity contribution in [3.63, 3.8) is 0 Å². The predicted octanol–water partition coefficient (Wildman–Crippen LogP) is 4.17. The molecule has 0 atom stereocenters. The summed E-state index contributed by atoms with van der Waals surface area (Å²) in [6, 6.07) is 10.6. The number of para-hydroxylation sites is 1. The average molecular weight is 457 g/mol. The first-order valence-electron chi connectivity index (χ1n) is 10.5. The van der Waals surface area contributed by atoms with Gasteiger partial charge >= 0.3 is 0 Å². The number of nitrogens with zero attached hydrogens (tertiary/aromatic N) is 5. The number of pyridine rings is 2. The standard InChI is InChI=1S/C24H23N7O3/c1-4-20(33)17-12-26-22(29-21-9-8-15(13-32)11-25-21)10-19(17)28-18-7-5-6-16(23(18)34-3)24-27-14-31(2)30-24/h5-14H,4H2,1-3H3,(H2,25,26,28,29). The smallest absolute Gasteiger partial charge is 0.184 e. The number of ether oxygens (including phenoxy) is 1. The fourth-order valence-electron chi connectivity index (χ4n) is 3.36. The molecule has 0 bridgehead atoms. The van der Waals surface area contributed by atoms with E-state index in [0.717, 1.165) is 6.29 Å². The van der Waals surface area contributed by atoms with Crippen LogP contribution in [0.4, 0.5) is 23.0 Å². The van der Waals surface area contributed by atoms with Gasteiger partial charge in [0.1, 0.15) is 18.0 Å². The van der Waals surface area contributed by atoms with Crippen LogP contribution < -0.4 is 15.4 Å². The second kappa shape index (κ2) is 9.90. The van der Waals surface area contributed by atoms with Crippen LogP contribution in [-0.2, 0) is 7.05 Å². The van der Waals surface area contributed by atoms with Gasteiger partial charge in [-0.3, -0.25) is 14.3 Å². The summed E-state index contributed by atoms with van der Waals surface area (Å²) < 4.78 is 7.29. The van der Waals surface area contributed by atoms with Crippen molar-refractivity contribution >= 4 is 35.1 Å². The molecule has 0 spiro atoms. The van der Waals surface area contributed by atoms with Crippen LogP contribution in [0.1, 0.15) is 34.1 Å². The molecule has 4 aromatic rings. The number of hydrogen-bond donors (Lipinski definition) is 2. The number of carbonyl (C=O) groups is 2. The number of ketones is 1. The van der Waals surface area contributed by atoms with E-state index in [1.54, 1.807) is 50.3 Å². The molecule has 172 valence electrons. The summed E-state index contributed by atoms with van der Waals surface area (Å²) in [6.07, 6.45) is 5.65. The zero-order chi connectivity index (χ0) is 24.1.